The van der Waals surface area contributed by atoms with Gasteiger partial charge in [0.1, 0.15) is 0 Å². The molecule has 0 atom stereocenters. The van der Waals surface area contributed by atoms with Gasteiger partial charge in [0, 0.05) is 13.1 Å². The van der Waals surface area contributed by atoms with Crippen molar-refractivity contribution >= 4 is 17.7 Å². The van der Waals surface area contributed by atoms with Crippen LogP contribution in [0.15, 0.2) is 52.2 Å². The molecule has 1 fully saturated rings. The van der Waals surface area contributed by atoms with Crippen molar-refractivity contribution in [1.82, 2.24) is 19.7 Å². The van der Waals surface area contributed by atoms with Gasteiger partial charge in [0.2, 0.25) is 11.7 Å². The Kier molecular flexibility index (Phi) is 4.79. The van der Waals surface area contributed by atoms with E-state index in [-0.39, 0.29) is 5.91 Å². The number of carbonyl (C=O) groups is 1. The second-order valence-electron chi connectivity index (χ2n) is 6.33. The fraction of sp³-hybridized carbons (Fsp3) is 0.316. The van der Waals surface area contributed by atoms with E-state index in [1.165, 1.54) is 11.8 Å². The van der Waals surface area contributed by atoms with Gasteiger partial charge in [0.25, 0.3) is 0 Å². The van der Waals surface area contributed by atoms with E-state index in [1.807, 2.05) is 46.7 Å². The summed E-state index contributed by atoms with van der Waals surface area (Å²) in [6, 6.07) is 11.8. The molecular weight excluding hydrogens is 348 g/mol. The lowest BCUT2D eigenvalue weighted by atomic mass is 10.2. The van der Waals surface area contributed by atoms with Crippen LogP contribution in [0.2, 0.25) is 0 Å². The molecule has 0 bridgehead atoms. The van der Waals surface area contributed by atoms with Crippen molar-refractivity contribution in [3.63, 3.8) is 0 Å². The van der Waals surface area contributed by atoms with E-state index in [1.54, 1.807) is 6.26 Å². The highest BCUT2D eigenvalue weighted by Gasteiger charge is 2.22. The molecule has 1 aliphatic heterocycles. The van der Waals surface area contributed by atoms with Crippen LogP contribution in [0.25, 0.3) is 17.3 Å². The van der Waals surface area contributed by atoms with Gasteiger partial charge in [-0.1, -0.05) is 23.9 Å². The van der Waals surface area contributed by atoms with Crippen LogP contribution >= 0.6 is 11.8 Å². The van der Waals surface area contributed by atoms with Crippen LogP contribution in [0.5, 0.6) is 0 Å². The number of aryl methyl sites for hydroxylation is 1. The first-order chi connectivity index (χ1) is 12.7. The summed E-state index contributed by atoms with van der Waals surface area (Å²) in [4.78, 5) is 14.3. The standard InChI is InChI=1S/C19H20N4O2S/c1-14-6-4-7-15(12-14)23-18(16-8-5-11-25-16)20-21-19(23)26-13-17(24)22-9-2-3-10-22/h4-8,11-12H,2-3,9-10,13H2,1H3. The molecule has 2 aromatic heterocycles. The van der Waals surface area contributed by atoms with Gasteiger partial charge in [-0.15, -0.1) is 10.2 Å². The third-order valence-electron chi connectivity index (χ3n) is 4.42. The quantitative estimate of drug-likeness (QED) is 0.645. The SMILES string of the molecule is Cc1cccc(-n2c(SCC(=O)N3CCCC3)nnc2-c2ccco2)c1. The number of thioether (sulfide) groups is 1. The van der Waals surface area contributed by atoms with Crippen LogP contribution < -0.4 is 0 Å². The molecule has 0 N–H and O–H groups in total. The van der Waals surface area contributed by atoms with E-state index in [4.69, 9.17) is 4.42 Å². The number of amides is 1. The average molecular weight is 368 g/mol. The van der Waals surface area contributed by atoms with E-state index in [0.29, 0.717) is 22.5 Å². The maximum Gasteiger partial charge on any atom is 0.233 e. The third kappa shape index (κ3) is 3.39. The summed E-state index contributed by atoms with van der Waals surface area (Å²) in [6.07, 6.45) is 3.81. The summed E-state index contributed by atoms with van der Waals surface area (Å²) in [7, 11) is 0. The average Bonchev–Trinajstić information content (AvgIpc) is 3.40. The molecular formula is C19H20N4O2S. The number of benzene rings is 1. The summed E-state index contributed by atoms with van der Waals surface area (Å²) in [5.74, 6) is 1.81. The second-order valence-corrected chi connectivity index (χ2v) is 7.28. The molecule has 3 heterocycles. The number of nitrogens with zero attached hydrogens (tertiary/aromatic N) is 4. The van der Waals surface area contributed by atoms with Crippen LogP contribution in [0.4, 0.5) is 0 Å². The minimum absolute atomic E-state index is 0.158. The van der Waals surface area contributed by atoms with Crippen LogP contribution in [-0.2, 0) is 4.79 Å². The smallest absolute Gasteiger partial charge is 0.233 e. The Hall–Kier alpha value is -2.54. The van der Waals surface area contributed by atoms with E-state index < -0.39 is 0 Å². The molecule has 1 saturated heterocycles. The van der Waals surface area contributed by atoms with Crippen LogP contribution in [0, 0.1) is 6.92 Å². The third-order valence-corrected chi connectivity index (χ3v) is 5.33. The molecule has 134 valence electrons. The summed E-state index contributed by atoms with van der Waals surface area (Å²) < 4.78 is 7.48. The molecule has 1 amide bonds. The predicted molar refractivity (Wildman–Crippen MR) is 100 cm³/mol. The lowest BCUT2D eigenvalue weighted by Gasteiger charge is -2.15. The van der Waals surface area contributed by atoms with Gasteiger partial charge >= 0.3 is 0 Å². The zero-order valence-electron chi connectivity index (χ0n) is 14.6. The predicted octanol–water partition coefficient (Wildman–Crippen LogP) is 3.55. The van der Waals surface area contributed by atoms with E-state index in [9.17, 15) is 4.79 Å². The molecule has 3 aromatic rings. The van der Waals surface area contributed by atoms with E-state index in [0.717, 1.165) is 37.2 Å². The first-order valence-corrected chi connectivity index (χ1v) is 9.68. The molecule has 0 radical (unpaired) electrons. The van der Waals surface area contributed by atoms with Gasteiger partial charge in [0.05, 0.1) is 17.7 Å². The lowest BCUT2D eigenvalue weighted by molar-refractivity contribution is -0.127. The van der Waals surface area contributed by atoms with Crippen molar-refractivity contribution in [3.05, 3.63) is 48.2 Å². The zero-order chi connectivity index (χ0) is 17.9. The zero-order valence-corrected chi connectivity index (χ0v) is 15.4. The topological polar surface area (TPSA) is 64.2 Å². The lowest BCUT2D eigenvalue weighted by Crippen LogP contribution is -2.29. The van der Waals surface area contributed by atoms with Crippen molar-refractivity contribution < 1.29 is 9.21 Å². The first-order valence-electron chi connectivity index (χ1n) is 8.69. The van der Waals surface area contributed by atoms with Crippen molar-refractivity contribution in [2.45, 2.75) is 24.9 Å². The minimum atomic E-state index is 0.158. The number of aromatic nitrogens is 3. The molecule has 6 nitrogen and oxygen atoms in total. The molecule has 1 aromatic carbocycles. The normalized spacial score (nSPS) is 14.1. The molecule has 4 rings (SSSR count). The fourth-order valence-corrected chi connectivity index (χ4v) is 3.97. The van der Waals surface area contributed by atoms with Crippen LogP contribution in [0.3, 0.4) is 0 Å². The van der Waals surface area contributed by atoms with E-state index >= 15 is 0 Å². The van der Waals surface area contributed by atoms with E-state index in [2.05, 4.69) is 16.3 Å². The maximum atomic E-state index is 12.4. The van der Waals surface area contributed by atoms with Crippen molar-refractivity contribution in [3.8, 4) is 17.3 Å². The number of carbonyl (C=O) groups excluding carboxylic acids is 1. The fourth-order valence-electron chi connectivity index (χ4n) is 3.11. The van der Waals surface area contributed by atoms with Gasteiger partial charge in [-0.2, -0.15) is 0 Å². The number of hydrogen-bond acceptors (Lipinski definition) is 5. The van der Waals surface area contributed by atoms with Gasteiger partial charge < -0.3 is 9.32 Å². The largest absolute Gasteiger partial charge is 0.461 e. The molecule has 1 aliphatic rings. The Labute approximate surface area is 156 Å². The Morgan fingerprint density at radius 2 is 2.04 bits per heavy atom. The van der Waals surface area contributed by atoms with Crippen molar-refractivity contribution in [2.75, 3.05) is 18.8 Å². The monoisotopic (exact) mass is 368 g/mol. The van der Waals surface area contributed by atoms with Crippen LogP contribution in [-0.4, -0.2) is 44.4 Å². The molecule has 0 saturated carbocycles. The van der Waals surface area contributed by atoms with Crippen LogP contribution in [0.1, 0.15) is 18.4 Å². The number of hydrogen-bond donors (Lipinski definition) is 0. The summed E-state index contributed by atoms with van der Waals surface area (Å²) in [5, 5.41) is 9.32. The second kappa shape index (κ2) is 7.37. The summed E-state index contributed by atoms with van der Waals surface area (Å²) >= 11 is 1.42. The summed E-state index contributed by atoms with van der Waals surface area (Å²) in [6.45, 7) is 3.77. The van der Waals surface area contributed by atoms with Gasteiger partial charge in [-0.05, 0) is 49.6 Å². The number of furan rings is 1. The highest BCUT2D eigenvalue weighted by atomic mass is 32.2. The summed E-state index contributed by atoms with van der Waals surface area (Å²) in [5.41, 5.74) is 2.10. The molecule has 0 aliphatic carbocycles. The Morgan fingerprint density at radius 1 is 1.19 bits per heavy atom. The van der Waals surface area contributed by atoms with Gasteiger partial charge in [-0.3, -0.25) is 9.36 Å². The van der Waals surface area contributed by atoms with Crippen molar-refractivity contribution in [1.29, 1.82) is 0 Å². The number of rotatable bonds is 5. The highest BCUT2D eigenvalue weighted by molar-refractivity contribution is 7.99. The number of likely N-dealkylation sites (tertiary alicyclic amines) is 1. The Balaban J connectivity index is 1.65. The molecule has 7 heteroatoms. The molecule has 26 heavy (non-hydrogen) atoms. The Morgan fingerprint density at radius 3 is 2.77 bits per heavy atom. The minimum Gasteiger partial charge on any atom is -0.461 e. The highest BCUT2D eigenvalue weighted by Crippen LogP contribution is 2.29. The first kappa shape index (κ1) is 16.9. The molecule has 0 unspecified atom stereocenters. The molecule has 0 spiro atoms. The van der Waals surface area contributed by atoms with Gasteiger partial charge in [0.15, 0.2) is 10.9 Å². The van der Waals surface area contributed by atoms with Gasteiger partial charge in [-0.25, -0.2) is 0 Å². The Bertz CT molecular complexity index is 898. The van der Waals surface area contributed by atoms with Crippen molar-refractivity contribution in [2.24, 2.45) is 0 Å². The maximum absolute atomic E-state index is 12.4.